The SMILES string of the molecule is c1csc(NCC2CCCCN2)n1. The van der Waals surface area contributed by atoms with Gasteiger partial charge in [-0.3, -0.25) is 0 Å². The number of rotatable bonds is 3. The Morgan fingerprint density at radius 1 is 1.62 bits per heavy atom. The summed E-state index contributed by atoms with van der Waals surface area (Å²) in [6, 6.07) is 0.637. The third-order valence-electron chi connectivity index (χ3n) is 2.34. The van der Waals surface area contributed by atoms with Gasteiger partial charge in [0.2, 0.25) is 0 Å². The zero-order valence-electron chi connectivity index (χ0n) is 7.62. The van der Waals surface area contributed by atoms with E-state index in [-0.39, 0.29) is 0 Å². The molecule has 0 radical (unpaired) electrons. The Morgan fingerprint density at radius 3 is 3.31 bits per heavy atom. The van der Waals surface area contributed by atoms with E-state index in [0.717, 1.165) is 11.7 Å². The molecule has 0 bridgehead atoms. The number of anilines is 1. The van der Waals surface area contributed by atoms with Crippen LogP contribution in [0.25, 0.3) is 0 Å². The van der Waals surface area contributed by atoms with E-state index >= 15 is 0 Å². The predicted octanol–water partition coefficient (Wildman–Crippen LogP) is 1.70. The maximum atomic E-state index is 4.18. The van der Waals surface area contributed by atoms with Crippen LogP contribution in [0.1, 0.15) is 19.3 Å². The van der Waals surface area contributed by atoms with Crippen molar-refractivity contribution < 1.29 is 0 Å². The Hall–Kier alpha value is -0.610. The highest BCUT2D eigenvalue weighted by molar-refractivity contribution is 7.13. The van der Waals surface area contributed by atoms with Gasteiger partial charge in [0.1, 0.15) is 0 Å². The summed E-state index contributed by atoms with van der Waals surface area (Å²) >= 11 is 1.66. The van der Waals surface area contributed by atoms with E-state index in [1.165, 1.54) is 25.8 Å². The van der Waals surface area contributed by atoms with Crippen LogP contribution in [0.5, 0.6) is 0 Å². The summed E-state index contributed by atoms with van der Waals surface area (Å²) in [6.45, 7) is 2.18. The summed E-state index contributed by atoms with van der Waals surface area (Å²) in [5.41, 5.74) is 0. The molecule has 72 valence electrons. The molecule has 1 atom stereocenters. The molecule has 0 spiro atoms. The molecule has 2 heterocycles. The highest BCUT2D eigenvalue weighted by Gasteiger charge is 2.11. The molecule has 0 aliphatic carbocycles. The van der Waals surface area contributed by atoms with Gasteiger partial charge >= 0.3 is 0 Å². The van der Waals surface area contributed by atoms with Gasteiger partial charge in [-0.25, -0.2) is 4.98 Å². The molecule has 0 amide bonds. The second-order valence-corrected chi connectivity index (χ2v) is 4.26. The smallest absolute Gasteiger partial charge is 0.182 e. The molecule has 0 aromatic carbocycles. The average molecular weight is 197 g/mol. The highest BCUT2D eigenvalue weighted by Crippen LogP contribution is 2.12. The van der Waals surface area contributed by atoms with Crippen LogP contribution in [-0.2, 0) is 0 Å². The van der Waals surface area contributed by atoms with Crippen molar-refractivity contribution in [1.29, 1.82) is 0 Å². The lowest BCUT2D eigenvalue weighted by Gasteiger charge is -2.23. The Morgan fingerprint density at radius 2 is 2.62 bits per heavy atom. The molecule has 4 heteroatoms. The minimum absolute atomic E-state index is 0.637. The van der Waals surface area contributed by atoms with Crippen molar-refractivity contribution in [1.82, 2.24) is 10.3 Å². The highest BCUT2D eigenvalue weighted by atomic mass is 32.1. The fourth-order valence-corrected chi connectivity index (χ4v) is 2.16. The maximum absolute atomic E-state index is 4.18. The van der Waals surface area contributed by atoms with E-state index in [1.54, 1.807) is 11.3 Å². The monoisotopic (exact) mass is 197 g/mol. The summed E-state index contributed by atoms with van der Waals surface area (Å²) in [7, 11) is 0. The fourth-order valence-electron chi connectivity index (χ4n) is 1.62. The molecule has 1 saturated heterocycles. The maximum Gasteiger partial charge on any atom is 0.182 e. The van der Waals surface area contributed by atoms with Crippen molar-refractivity contribution in [2.75, 3.05) is 18.4 Å². The normalized spacial score (nSPS) is 22.9. The van der Waals surface area contributed by atoms with Crippen LogP contribution in [0.4, 0.5) is 5.13 Å². The first kappa shape index (κ1) is 8.97. The van der Waals surface area contributed by atoms with Gasteiger partial charge in [-0.15, -0.1) is 11.3 Å². The third kappa shape index (κ3) is 2.67. The van der Waals surface area contributed by atoms with E-state index in [2.05, 4.69) is 15.6 Å². The molecule has 1 aromatic heterocycles. The van der Waals surface area contributed by atoms with Crippen LogP contribution in [0, 0.1) is 0 Å². The Labute approximate surface area is 82.6 Å². The lowest BCUT2D eigenvalue weighted by molar-refractivity contribution is 0.414. The van der Waals surface area contributed by atoms with Crippen molar-refractivity contribution in [2.45, 2.75) is 25.3 Å². The van der Waals surface area contributed by atoms with Gasteiger partial charge in [-0.05, 0) is 19.4 Å². The number of piperidine rings is 1. The molecule has 1 fully saturated rings. The standard InChI is InChI=1S/C9H15N3S/c1-2-4-10-8(3-1)7-12-9-11-5-6-13-9/h5-6,8,10H,1-4,7H2,(H,11,12). The molecule has 1 unspecified atom stereocenters. The molecule has 1 aliphatic rings. The van der Waals surface area contributed by atoms with Crippen LogP contribution in [0.15, 0.2) is 11.6 Å². The fraction of sp³-hybridized carbons (Fsp3) is 0.667. The quantitative estimate of drug-likeness (QED) is 0.774. The molecular formula is C9H15N3S. The molecule has 0 saturated carbocycles. The molecule has 2 rings (SSSR count). The predicted molar refractivity (Wildman–Crippen MR) is 56.2 cm³/mol. The number of hydrogen-bond donors (Lipinski definition) is 2. The third-order valence-corrected chi connectivity index (χ3v) is 3.08. The van der Waals surface area contributed by atoms with E-state index in [4.69, 9.17) is 0 Å². The molecule has 3 nitrogen and oxygen atoms in total. The number of nitrogens with zero attached hydrogens (tertiary/aromatic N) is 1. The van der Waals surface area contributed by atoms with Crippen molar-refractivity contribution in [3.63, 3.8) is 0 Å². The summed E-state index contributed by atoms with van der Waals surface area (Å²) in [4.78, 5) is 4.18. The van der Waals surface area contributed by atoms with E-state index in [0.29, 0.717) is 6.04 Å². The minimum atomic E-state index is 0.637. The second kappa shape index (κ2) is 4.58. The van der Waals surface area contributed by atoms with Crippen molar-refractivity contribution in [3.05, 3.63) is 11.6 Å². The zero-order chi connectivity index (χ0) is 8.93. The van der Waals surface area contributed by atoms with Gasteiger partial charge in [0, 0.05) is 24.2 Å². The molecule has 1 aliphatic heterocycles. The molecular weight excluding hydrogens is 182 g/mol. The average Bonchev–Trinajstić information content (AvgIpc) is 2.69. The van der Waals surface area contributed by atoms with Crippen LogP contribution in [0.3, 0.4) is 0 Å². The first-order valence-electron chi connectivity index (χ1n) is 4.82. The summed E-state index contributed by atoms with van der Waals surface area (Å²) in [6.07, 6.45) is 5.81. The van der Waals surface area contributed by atoms with Gasteiger partial charge in [-0.1, -0.05) is 6.42 Å². The second-order valence-electron chi connectivity index (χ2n) is 3.36. The molecule has 1 aromatic rings. The van der Waals surface area contributed by atoms with E-state index in [9.17, 15) is 0 Å². The van der Waals surface area contributed by atoms with E-state index in [1.807, 2.05) is 11.6 Å². The van der Waals surface area contributed by atoms with Crippen molar-refractivity contribution in [3.8, 4) is 0 Å². The molecule has 13 heavy (non-hydrogen) atoms. The lowest BCUT2D eigenvalue weighted by Crippen LogP contribution is -2.39. The Bertz CT molecular complexity index is 229. The first-order chi connectivity index (χ1) is 6.45. The molecule has 2 N–H and O–H groups in total. The summed E-state index contributed by atoms with van der Waals surface area (Å²) < 4.78 is 0. The number of hydrogen-bond acceptors (Lipinski definition) is 4. The van der Waals surface area contributed by atoms with Crippen molar-refractivity contribution in [2.24, 2.45) is 0 Å². The zero-order valence-corrected chi connectivity index (χ0v) is 8.44. The van der Waals surface area contributed by atoms with Crippen LogP contribution in [0.2, 0.25) is 0 Å². The Kier molecular flexibility index (Phi) is 3.16. The lowest BCUT2D eigenvalue weighted by atomic mass is 10.1. The van der Waals surface area contributed by atoms with Gasteiger partial charge in [0.25, 0.3) is 0 Å². The van der Waals surface area contributed by atoms with E-state index < -0.39 is 0 Å². The minimum Gasteiger partial charge on any atom is -0.360 e. The number of nitrogens with one attached hydrogen (secondary N) is 2. The van der Waals surface area contributed by atoms with Crippen molar-refractivity contribution >= 4 is 16.5 Å². The van der Waals surface area contributed by atoms with Crippen LogP contribution >= 0.6 is 11.3 Å². The van der Waals surface area contributed by atoms with Gasteiger partial charge in [-0.2, -0.15) is 0 Å². The van der Waals surface area contributed by atoms with Gasteiger partial charge in [0.15, 0.2) is 5.13 Å². The Balaban J connectivity index is 1.72. The van der Waals surface area contributed by atoms with Gasteiger partial charge in [0.05, 0.1) is 0 Å². The summed E-state index contributed by atoms with van der Waals surface area (Å²) in [5.74, 6) is 0. The van der Waals surface area contributed by atoms with Gasteiger partial charge < -0.3 is 10.6 Å². The number of aromatic nitrogens is 1. The first-order valence-corrected chi connectivity index (χ1v) is 5.70. The van der Waals surface area contributed by atoms with Crippen LogP contribution in [-0.4, -0.2) is 24.1 Å². The number of thiazole rings is 1. The van der Waals surface area contributed by atoms with Crippen LogP contribution < -0.4 is 10.6 Å². The largest absolute Gasteiger partial charge is 0.360 e. The summed E-state index contributed by atoms with van der Waals surface area (Å²) in [5, 5.41) is 9.87. The topological polar surface area (TPSA) is 37.0 Å².